The van der Waals surface area contributed by atoms with Gasteiger partial charge in [0, 0.05) is 25.1 Å². The predicted molar refractivity (Wildman–Crippen MR) is 114 cm³/mol. The van der Waals surface area contributed by atoms with Crippen LogP contribution in [0.3, 0.4) is 0 Å². The van der Waals surface area contributed by atoms with E-state index in [-0.39, 0.29) is 12.5 Å². The van der Waals surface area contributed by atoms with Crippen molar-refractivity contribution >= 4 is 23.0 Å². The monoisotopic (exact) mass is 427 g/mol. The van der Waals surface area contributed by atoms with Crippen LogP contribution in [-0.2, 0) is 18.3 Å². The number of carboxylic acids is 1. The summed E-state index contributed by atoms with van der Waals surface area (Å²) in [5, 5.41) is 8.95. The summed E-state index contributed by atoms with van der Waals surface area (Å²) in [5.74, 6) is 2.07. The van der Waals surface area contributed by atoms with Crippen molar-refractivity contribution in [2.45, 2.75) is 31.8 Å². The summed E-state index contributed by atoms with van der Waals surface area (Å²) in [5.41, 5.74) is 8.30. The molecule has 2 heterocycles. The first kappa shape index (κ1) is 20.6. The number of ether oxygens (including phenoxy) is 4. The molecule has 3 N–H and O–H groups in total. The van der Waals surface area contributed by atoms with Crippen LogP contribution in [0.25, 0.3) is 11.0 Å². The molecule has 1 aliphatic heterocycles. The zero-order valence-electron chi connectivity index (χ0n) is 17.7. The maximum Gasteiger partial charge on any atom is 0.303 e. The first-order chi connectivity index (χ1) is 14.9. The van der Waals surface area contributed by atoms with E-state index < -0.39 is 5.97 Å². The maximum absolute atomic E-state index is 10.9. The molecule has 0 spiro atoms. The third-order valence-corrected chi connectivity index (χ3v) is 5.50. The number of rotatable bonds is 7. The fraction of sp³-hybridized carbons (Fsp3) is 0.364. The summed E-state index contributed by atoms with van der Waals surface area (Å²) in [7, 11) is 4.95. The molecule has 164 valence electrons. The molecule has 9 nitrogen and oxygen atoms in total. The Balaban J connectivity index is 1.73. The van der Waals surface area contributed by atoms with E-state index in [9.17, 15) is 4.79 Å². The Morgan fingerprint density at radius 2 is 2.10 bits per heavy atom. The molecular formula is C22H25N3O6. The Hall–Kier alpha value is -3.62. The maximum atomic E-state index is 10.9. The van der Waals surface area contributed by atoms with Gasteiger partial charge >= 0.3 is 5.97 Å². The first-order valence-electron chi connectivity index (χ1n) is 9.98. The second-order valence-electron chi connectivity index (χ2n) is 7.38. The molecule has 0 saturated carbocycles. The lowest BCUT2D eigenvalue weighted by atomic mass is 9.98. The molecule has 4 rings (SSSR count). The Kier molecular flexibility index (Phi) is 5.50. The molecule has 9 heteroatoms. The van der Waals surface area contributed by atoms with Gasteiger partial charge in [-0.3, -0.25) is 4.79 Å². The number of carboxylic acid groups (broad SMARTS) is 1. The Morgan fingerprint density at radius 1 is 1.29 bits per heavy atom. The van der Waals surface area contributed by atoms with Gasteiger partial charge in [0.15, 0.2) is 17.2 Å². The zero-order valence-corrected chi connectivity index (χ0v) is 17.7. The third-order valence-electron chi connectivity index (χ3n) is 5.50. The molecular weight excluding hydrogens is 402 g/mol. The number of aliphatic carboxylic acids is 1. The van der Waals surface area contributed by atoms with Crippen LogP contribution in [0.2, 0.25) is 0 Å². The van der Waals surface area contributed by atoms with Crippen LogP contribution in [0.15, 0.2) is 24.3 Å². The van der Waals surface area contributed by atoms with E-state index in [1.54, 1.807) is 17.7 Å². The number of methoxy groups -OCH3 is 2. The number of hydrogen-bond donors (Lipinski definition) is 2. The fourth-order valence-electron chi connectivity index (χ4n) is 3.87. The van der Waals surface area contributed by atoms with Crippen LogP contribution in [0, 0.1) is 0 Å². The van der Waals surface area contributed by atoms with E-state index in [0.717, 1.165) is 11.1 Å². The van der Waals surface area contributed by atoms with E-state index in [0.29, 0.717) is 59.5 Å². The first-order valence-corrected chi connectivity index (χ1v) is 9.98. The van der Waals surface area contributed by atoms with Gasteiger partial charge in [-0.2, -0.15) is 0 Å². The average molecular weight is 427 g/mol. The Labute approximate surface area is 179 Å². The third kappa shape index (κ3) is 3.78. The van der Waals surface area contributed by atoms with Crippen molar-refractivity contribution in [1.29, 1.82) is 0 Å². The Bertz CT molecular complexity index is 1140. The van der Waals surface area contributed by atoms with Crippen LogP contribution < -0.4 is 24.7 Å². The summed E-state index contributed by atoms with van der Waals surface area (Å²) in [6.45, 7) is 0. The number of imidazole rings is 1. The summed E-state index contributed by atoms with van der Waals surface area (Å²) < 4.78 is 25.4. The highest BCUT2D eigenvalue weighted by Crippen LogP contribution is 2.50. The number of fused-ring (bicyclic) bond motifs is 2. The largest absolute Gasteiger partial charge is 0.493 e. The SMILES string of the molecule is COc1cc2c(c(OC)c1Oc1cccc3c1nc(N)n3C)CCC(CCC(=O)O)O2. The molecule has 0 bridgehead atoms. The van der Waals surface area contributed by atoms with Gasteiger partial charge < -0.3 is 34.4 Å². The van der Waals surface area contributed by atoms with Crippen molar-refractivity contribution in [3.8, 4) is 28.7 Å². The lowest BCUT2D eigenvalue weighted by molar-refractivity contribution is -0.137. The highest BCUT2D eigenvalue weighted by molar-refractivity contribution is 5.85. The summed E-state index contributed by atoms with van der Waals surface area (Å²) in [4.78, 5) is 15.3. The lowest BCUT2D eigenvalue weighted by Gasteiger charge is -2.28. The zero-order chi connectivity index (χ0) is 22.1. The van der Waals surface area contributed by atoms with E-state index in [4.69, 9.17) is 29.8 Å². The fourth-order valence-corrected chi connectivity index (χ4v) is 3.87. The molecule has 1 unspecified atom stereocenters. The second kappa shape index (κ2) is 8.25. The van der Waals surface area contributed by atoms with Gasteiger partial charge in [0.05, 0.1) is 25.8 Å². The van der Waals surface area contributed by atoms with Crippen molar-refractivity contribution in [2.75, 3.05) is 20.0 Å². The minimum Gasteiger partial charge on any atom is -0.493 e. The smallest absolute Gasteiger partial charge is 0.303 e. The van der Waals surface area contributed by atoms with Gasteiger partial charge in [-0.25, -0.2) is 4.98 Å². The molecule has 3 aromatic rings. The molecule has 1 aromatic heterocycles. The van der Waals surface area contributed by atoms with Gasteiger partial charge in [-0.15, -0.1) is 0 Å². The number of para-hydroxylation sites is 1. The lowest BCUT2D eigenvalue weighted by Crippen LogP contribution is -2.24. The van der Waals surface area contributed by atoms with Gasteiger partial charge in [0.25, 0.3) is 0 Å². The van der Waals surface area contributed by atoms with Crippen LogP contribution in [0.5, 0.6) is 28.7 Å². The number of carbonyl (C=O) groups is 1. The number of nitrogens with two attached hydrogens (primary N) is 1. The average Bonchev–Trinajstić information content (AvgIpc) is 3.06. The van der Waals surface area contributed by atoms with Crippen LogP contribution >= 0.6 is 0 Å². The van der Waals surface area contributed by atoms with Crippen molar-refractivity contribution in [3.05, 3.63) is 29.8 Å². The van der Waals surface area contributed by atoms with Crippen LogP contribution in [-0.4, -0.2) is 41.0 Å². The Morgan fingerprint density at radius 3 is 2.81 bits per heavy atom. The number of benzene rings is 2. The highest BCUT2D eigenvalue weighted by atomic mass is 16.5. The number of nitrogen functional groups attached to an aromatic ring is 1. The molecule has 1 aliphatic rings. The normalized spacial score (nSPS) is 15.3. The second-order valence-corrected chi connectivity index (χ2v) is 7.38. The van der Waals surface area contributed by atoms with Gasteiger partial charge in [-0.05, 0) is 31.4 Å². The number of aryl methyl sites for hydroxylation is 1. The quantitative estimate of drug-likeness (QED) is 0.588. The van der Waals surface area contributed by atoms with E-state index >= 15 is 0 Å². The molecule has 2 aromatic carbocycles. The highest BCUT2D eigenvalue weighted by Gasteiger charge is 2.29. The molecule has 31 heavy (non-hydrogen) atoms. The summed E-state index contributed by atoms with van der Waals surface area (Å²) >= 11 is 0. The molecule has 0 radical (unpaired) electrons. The molecule has 1 atom stereocenters. The van der Waals surface area contributed by atoms with Gasteiger partial charge in [-0.1, -0.05) is 6.07 Å². The van der Waals surface area contributed by atoms with Crippen molar-refractivity contribution in [1.82, 2.24) is 9.55 Å². The molecule has 0 aliphatic carbocycles. The number of hydrogen-bond acceptors (Lipinski definition) is 7. The number of anilines is 1. The van der Waals surface area contributed by atoms with Gasteiger partial charge in [0.1, 0.15) is 11.3 Å². The van der Waals surface area contributed by atoms with E-state index in [2.05, 4.69) is 4.98 Å². The van der Waals surface area contributed by atoms with Crippen LogP contribution in [0.1, 0.15) is 24.8 Å². The topological polar surface area (TPSA) is 118 Å². The molecule has 0 amide bonds. The minimum absolute atomic E-state index is 0.0622. The van der Waals surface area contributed by atoms with E-state index in [1.807, 2.05) is 25.2 Å². The van der Waals surface area contributed by atoms with E-state index in [1.165, 1.54) is 7.11 Å². The van der Waals surface area contributed by atoms with Gasteiger partial charge in [0.2, 0.25) is 11.7 Å². The van der Waals surface area contributed by atoms with Crippen molar-refractivity contribution in [2.24, 2.45) is 7.05 Å². The molecule has 0 fully saturated rings. The predicted octanol–water partition coefficient (Wildman–Crippen LogP) is 3.52. The van der Waals surface area contributed by atoms with Crippen molar-refractivity contribution < 1.29 is 28.8 Å². The minimum atomic E-state index is -0.836. The van der Waals surface area contributed by atoms with Crippen molar-refractivity contribution in [3.63, 3.8) is 0 Å². The molecule has 0 saturated heterocycles. The summed E-state index contributed by atoms with van der Waals surface area (Å²) in [6.07, 6.45) is 1.70. The summed E-state index contributed by atoms with van der Waals surface area (Å²) in [6, 6.07) is 7.35. The standard InChI is InChI=1S/C22H25N3O6/c1-25-14-5-4-6-15(19(14)24-22(25)23)31-21-17(28-2)11-16-13(20(21)29-3)9-7-12(30-16)8-10-18(26)27/h4-6,11-12H,7-10H2,1-3H3,(H2,23,24)(H,26,27). The number of aromatic nitrogens is 2. The number of nitrogens with zero attached hydrogens (tertiary/aromatic N) is 2. The van der Waals surface area contributed by atoms with Crippen LogP contribution in [0.4, 0.5) is 5.95 Å².